The van der Waals surface area contributed by atoms with Gasteiger partial charge in [-0.25, -0.2) is 0 Å². The van der Waals surface area contributed by atoms with Gasteiger partial charge in [-0.15, -0.1) is 0 Å². The summed E-state index contributed by atoms with van der Waals surface area (Å²) in [6, 6.07) is 15.6. The number of hydrogen-bond acceptors (Lipinski definition) is 3. The minimum atomic E-state index is -0.578. The van der Waals surface area contributed by atoms with E-state index in [9.17, 15) is 5.11 Å². The Labute approximate surface area is 125 Å². The summed E-state index contributed by atoms with van der Waals surface area (Å²) in [6.07, 6.45) is 0.961. The molecule has 2 aromatic carbocycles. The Bertz CT molecular complexity index is 609. The number of benzene rings is 2. The first-order chi connectivity index (χ1) is 10.3. The summed E-state index contributed by atoms with van der Waals surface area (Å²) in [7, 11) is 0. The summed E-state index contributed by atoms with van der Waals surface area (Å²) in [4.78, 5) is 0. The predicted molar refractivity (Wildman–Crippen MR) is 81.7 cm³/mol. The van der Waals surface area contributed by atoms with E-state index in [-0.39, 0.29) is 6.10 Å². The molecule has 0 spiro atoms. The molecular weight excluding hydrogens is 264 g/mol. The molecule has 3 rings (SSSR count). The molecule has 3 heteroatoms. The van der Waals surface area contributed by atoms with Crippen LogP contribution in [-0.4, -0.2) is 17.8 Å². The van der Waals surface area contributed by atoms with Crippen LogP contribution in [0.5, 0.6) is 11.5 Å². The van der Waals surface area contributed by atoms with Gasteiger partial charge in [0.25, 0.3) is 0 Å². The quantitative estimate of drug-likeness (QED) is 0.933. The zero-order valence-corrected chi connectivity index (χ0v) is 12.2. The van der Waals surface area contributed by atoms with Crippen molar-refractivity contribution in [3.05, 3.63) is 59.7 Å². The van der Waals surface area contributed by atoms with Crippen LogP contribution in [0, 0.1) is 0 Å². The second-order valence-electron chi connectivity index (χ2n) is 5.25. The standard InChI is InChI=1S/C18H20O3/c1-2-20-14-7-5-8-15(12-14)21-17-11-10-13-6-3-4-9-16(13)18(17)19/h3-9,12,17-19H,2,10-11H2,1H3. The van der Waals surface area contributed by atoms with Crippen molar-refractivity contribution in [2.24, 2.45) is 0 Å². The molecule has 0 bridgehead atoms. The van der Waals surface area contributed by atoms with E-state index < -0.39 is 6.10 Å². The molecule has 0 fully saturated rings. The summed E-state index contributed by atoms with van der Waals surface area (Å²) in [5, 5.41) is 10.5. The maximum absolute atomic E-state index is 10.5. The van der Waals surface area contributed by atoms with Gasteiger partial charge in [-0.2, -0.15) is 0 Å². The van der Waals surface area contributed by atoms with Crippen molar-refractivity contribution in [3.8, 4) is 11.5 Å². The van der Waals surface area contributed by atoms with Crippen molar-refractivity contribution < 1.29 is 14.6 Å². The Morgan fingerprint density at radius 2 is 1.90 bits per heavy atom. The van der Waals surface area contributed by atoms with E-state index in [2.05, 4.69) is 6.07 Å². The number of rotatable bonds is 4. The average molecular weight is 284 g/mol. The first kappa shape index (κ1) is 14.0. The SMILES string of the molecule is CCOc1cccc(OC2CCc3ccccc3C2O)c1. The second kappa shape index (κ2) is 6.19. The van der Waals surface area contributed by atoms with Crippen molar-refractivity contribution in [2.45, 2.75) is 32.0 Å². The molecule has 3 nitrogen and oxygen atoms in total. The monoisotopic (exact) mass is 284 g/mol. The topological polar surface area (TPSA) is 38.7 Å². The molecule has 0 aliphatic heterocycles. The lowest BCUT2D eigenvalue weighted by atomic mass is 9.87. The van der Waals surface area contributed by atoms with E-state index in [4.69, 9.17) is 9.47 Å². The molecule has 110 valence electrons. The highest BCUT2D eigenvalue weighted by Crippen LogP contribution is 2.33. The van der Waals surface area contributed by atoms with E-state index in [1.807, 2.05) is 49.4 Å². The molecule has 0 aromatic heterocycles. The maximum Gasteiger partial charge on any atom is 0.129 e. The number of aliphatic hydroxyl groups excluding tert-OH is 1. The van der Waals surface area contributed by atoms with Crippen LogP contribution < -0.4 is 9.47 Å². The summed E-state index contributed by atoms with van der Waals surface area (Å²) in [5.41, 5.74) is 2.20. The van der Waals surface area contributed by atoms with Gasteiger partial charge in [-0.3, -0.25) is 0 Å². The maximum atomic E-state index is 10.5. The Morgan fingerprint density at radius 1 is 1.10 bits per heavy atom. The van der Waals surface area contributed by atoms with Gasteiger partial charge in [-0.05, 0) is 43.0 Å². The highest BCUT2D eigenvalue weighted by atomic mass is 16.5. The van der Waals surface area contributed by atoms with Gasteiger partial charge in [-0.1, -0.05) is 30.3 Å². The van der Waals surface area contributed by atoms with Gasteiger partial charge < -0.3 is 14.6 Å². The van der Waals surface area contributed by atoms with Crippen molar-refractivity contribution in [3.63, 3.8) is 0 Å². The van der Waals surface area contributed by atoms with Crippen LogP contribution in [0.2, 0.25) is 0 Å². The van der Waals surface area contributed by atoms with Crippen LogP contribution in [0.15, 0.2) is 48.5 Å². The predicted octanol–water partition coefficient (Wildman–Crippen LogP) is 3.51. The minimum Gasteiger partial charge on any atom is -0.494 e. The molecule has 2 atom stereocenters. The third-order valence-corrected chi connectivity index (χ3v) is 3.83. The van der Waals surface area contributed by atoms with E-state index >= 15 is 0 Å². The number of aryl methyl sites for hydroxylation is 1. The number of ether oxygens (including phenoxy) is 2. The Hall–Kier alpha value is -2.00. The van der Waals surface area contributed by atoms with Crippen LogP contribution in [0.3, 0.4) is 0 Å². The summed E-state index contributed by atoms with van der Waals surface area (Å²) < 4.78 is 11.5. The first-order valence-electron chi connectivity index (χ1n) is 7.43. The first-order valence-corrected chi connectivity index (χ1v) is 7.43. The van der Waals surface area contributed by atoms with Gasteiger partial charge in [0.05, 0.1) is 6.61 Å². The summed E-state index contributed by atoms with van der Waals surface area (Å²) >= 11 is 0. The van der Waals surface area contributed by atoms with Gasteiger partial charge in [0.1, 0.15) is 23.7 Å². The Morgan fingerprint density at radius 3 is 2.76 bits per heavy atom. The third-order valence-electron chi connectivity index (χ3n) is 3.83. The lowest BCUT2D eigenvalue weighted by molar-refractivity contribution is 0.0229. The molecule has 2 aromatic rings. The fraction of sp³-hybridized carbons (Fsp3) is 0.333. The highest BCUT2D eigenvalue weighted by Gasteiger charge is 2.29. The summed E-state index contributed by atoms with van der Waals surface area (Å²) in [5.74, 6) is 1.53. The van der Waals surface area contributed by atoms with Gasteiger partial charge in [0, 0.05) is 6.07 Å². The normalized spacial score (nSPS) is 20.7. The lowest BCUT2D eigenvalue weighted by Crippen LogP contribution is -2.30. The lowest BCUT2D eigenvalue weighted by Gasteiger charge is -2.30. The Kier molecular flexibility index (Phi) is 4.11. The van der Waals surface area contributed by atoms with E-state index in [1.54, 1.807) is 0 Å². The zero-order valence-electron chi connectivity index (χ0n) is 12.2. The zero-order chi connectivity index (χ0) is 14.7. The molecule has 1 N–H and O–H groups in total. The molecule has 0 saturated carbocycles. The van der Waals surface area contributed by atoms with Crippen molar-refractivity contribution >= 4 is 0 Å². The van der Waals surface area contributed by atoms with Crippen LogP contribution in [0.4, 0.5) is 0 Å². The van der Waals surface area contributed by atoms with E-state index in [0.29, 0.717) is 6.61 Å². The second-order valence-corrected chi connectivity index (χ2v) is 5.25. The summed E-state index contributed by atoms with van der Waals surface area (Å²) in [6.45, 7) is 2.58. The Balaban J connectivity index is 1.75. The molecule has 0 heterocycles. The van der Waals surface area contributed by atoms with Crippen molar-refractivity contribution in [1.82, 2.24) is 0 Å². The molecule has 0 radical (unpaired) electrons. The van der Waals surface area contributed by atoms with E-state index in [1.165, 1.54) is 5.56 Å². The molecule has 0 saturated heterocycles. The molecule has 21 heavy (non-hydrogen) atoms. The minimum absolute atomic E-state index is 0.211. The van der Waals surface area contributed by atoms with Crippen molar-refractivity contribution in [1.29, 1.82) is 0 Å². The van der Waals surface area contributed by atoms with Crippen molar-refractivity contribution in [2.75, 3.05) is 6.61 Å². The fourth-order valence-electron chi connectivity index (χ4n) is 2.81. The van der Waals surface area contributed by atoms with Gasteiger partial charge >= 0.3 is 0 Å². The average Bonchev–Trinajstić information content (AvgIpc) is 2.51. The number of aliphatic hydroxyl groups is 1. The van der Waals surface area contributed by atoms with E-state index in [0.717, 1.165) is 29.9 Å². The fourth-order valence-corrected chi connectivity index (χ4v) is 2.81. The molecule has 0 amide bonds. The molecule has 2 unspecified atom stereocenters. The van der Waals surface area contributed by atoms with Crippen LogP contribution in [0.25, 0.3) is 0 Å². The molecular formula is C18H20O3. The third kappa shape index (κ3) is 3.03. The van der Waals surface area contributed by atoms with Crippen LogP contribution in [0.1, 0.15) is 30.6 Å². The number of fused-ring (bicyclic) bond motifs is 1. The van der Waals surface area contributed by atoms with Crippen LogP contribution in [-0.2, 0) is 6.42 Å². The molecule has 1 aliphatic rings. The number of hydrogen-bond donors (Lipinski definition) is 1. The highest BCUT2D eigenvalue weighted by molar-refractivity contribution is 5.35. The van der Waals surface area contributed by atoms with Crippen LogP contribution >= 0.6 is 0 Å². The molecule has 1 aliphatic carbocycles. The van der Waals surface area contributed by atoms with Gasteiger partial charge in [0.15, 0.2) is 0 Å². The van der Waals surface area contributed by atoms with Gasteiger partial charge in [0.2, 0.25) is 0 Å². The smallest absolute Gasteiger partial charge is 0.129 e. The largest absolute Gasteiger partial charge is 0.494 e.